The number of primary sulfonamides is 1. The number of carbonyl (C=O) groups excluding carboxylic acids is 1. The second kappa shape index (κ2) is 5.68. The predicted octanol–water partition coefficient (Wildman–Crippen LogP) is 1.35. The van der Waals surface area contributed by atoms with Crippen molar-refractivity contribution in [2.24, 2.45) is 5.14 Å². The summed E-state index contributed by atoms with van der Waals surface area (Å²) < 4.78 is 28.4. The zero-order valence-corrected chi connectivity index (χ0v) is 14.0. The van der Waals surface area contributed by atoms with E-state index in [0.29, 0.717) is 24.2 Å². The van der Waals surface area contributed by atoms with Gasteiger partial charge in [0.15, 0.2) is 0 Å². The predicted molar refractivity (Wildman–Crippen MR) is 81.0 cm³/mol. The number of piperidine rings is 1. The summed E-state index contributed by atoms with van der Waals surface area (Å²) in [6, 6.07) is 0. The Morgan fingerprint density at radius 3 is 2.71 bits per heavy atom. The summed E-state index contributed by atoms with van der Waals surface area (Å²) in [6.45, 7) is 4.74. The number of thiophene rings is 1. The third-order valence-electron chi connectivity index (χ3n) is 3.92. The van der Waals surface area contributed by atoms with E-state index in [9.17, 15) is 13.2 Å². The third kappa shape index (κ3) is 3.28. The maximum Gasteiger partial charge on any atom is 0.255 e. The van der Waals surface area contributed by atoms with E-state index in [0.717, 1.165) is 24.2 Å². The Balaban J connectivity index is 2.27. The molecule has 118 valence electrons. The highest BCUT2D eigenvalue weighted by Crippen LogP contribution is 2.29. The number of hydrogen-bond donors (Lipinski definition) is 1. The molecule has 1 unspecified atom stereocenters. The molecule has 1 aliphatic heterocycles. The number of hydrogen-bond acceptors (Lipinski definition) is 5. The zero-order valence-electron chi connectivity index (χ0n) is 12.4. The van der Waals surface area contributed by atoms with Crippen LogP contribution in [0.4, 0.5) is 0 Å². The first-order valence-electron chi connectivity index (χ1n) is 6.63. The SMILES string of the molecule is COC1(C)CCCN(C(=O)c2csc(S(N)(=O)=O)c2C)C1. The average molecular weight is 332 g/mol. The van der Waals surface area contributed by atoms with E-state index in [2.05, 4.69) is 0 Å². The van der Waals surface area contributed by atoms with Crippen LogP contribution in [-0.2, 0) is 14.8 Å². The van der Waals surface area contributed by atoms with Crippen LogP contribution in [0.3, 0.4) is 0 Å². The zero-order chi connectivity index (χ0) is 15.8. The van der Waals surface area contributed by atoms with Gasteiger partial charge in [0.25, 0.3) is 5.91 Å². The van der Waals surface area contributed by atoms with Gasteiger partial charge in [0.05, 0.1) is 11.2 Å². The van der Waals surface area contributed by atoms with E-state index in [4.69, 9.17) is 9.88 Å². The molecule has 1 aromatic heterocycles. The molecule has 2 heterocycles. The van der Waals surface area contributed by atoms with Gasteiger partial charge in [-0.2, -0.15) is 0 Å². The van der Waals surface area contributed by atoms with Crippen LogP contribution in [0.5, 0.6) is 0 Å². The molecule has 1 amide bonds. The summed E-state index contributed by atoms with van der Waals surface area (Å²) in [4.78, 5) is 14.3. The van der Waals surface area contributed by atoms with Crippen molar-refractivity contribution in [1.29, 1.82) is 0 Å². The van der Waals surface area contributed by atoms with Gasteiger partial charge in [-0.05, 0) is 32.3 Å². The van der Waals surface area contributed by atoms with Gasteiger partial charge in [0, 0.05) is 25.6 Å². The molecule has 1 atom stereocenters. The van der Waals surface area contributed by atoms with E-state index >= 15 is 0 Å². The molecule has 0 saturated carbocycles. The lowest BCUT2D eigenvalue weighted by molar-refractivity contribution is -0.0440. The number of methoxy groups -OCH3 is 1. The number of nitrogens with two attached hydrogens (primary N) is 1. The normalized spacial score (nSPS) is 23.3. The van der Waals surface area contributed by atoms with E-state index in [1.165, 1.54) is 0 Å². The molecule has 0 bridgehead atoms. The lowest BCUT2D eigenvalue weighted by Crippen LogP contribution is -2.49. The van der Waals surface area contributed by atoms with Gasteiger partial charge in [0.1, 0.15) is 4.21 Å². The topological polar surface area (TPSA) is 89.7 Å². The monoisotopic (exact) mass is 332 g/mol. The van der Waals surface area contributed by atoms with E-state index in [1.54, 1.807) is 24.3 Å². The molecule has 6 nitrogen and oxygen atoms in total. The van der Waals surface area contributed by atoms with E-state index in [-0.39, 0.29) is 15.7 Å². The first-order valence-corrected chi connectivity index (χ1v) is 9.06. The summed E-state index contributed by atoms with van der Waals surface area (Å²) in [5, 5.41) is 6.72. The van der Waals surface area contributed by atoms with Crippen LogP contribution in [0.2, 0.25) is 0 Å². The van der Waals surface area contributed by atoms with Crippen LogP contribution < -0.4 is 5.14 Å². The van der Waals surface area contributed by atoms with Gasteiger partial charge < -0.3 is 9.64 Å². The molecule has 0 aromatic carbocycles. The van der Waals surface area contributed by atoms with Crippen LogP contribution in [0.15, 0.2) is 9.59 Å². The van der Waals surface area contributed by atoms with Gasteiger partial charge >= 0.3 is 0 Å². The molecule has 0 spiro atoms. The largest absolute Gasteiger partial charge is 0.377 e. The minimum Gasteiger partial charge on any atom is -0.377 e. The summed E-state index contributed by atoms with van der Waals surface area (Å²) in [7, 11) is -2.14. The number of ether oxygens (including phenoxy) is 1. The standard InChI is InChI=1S/C13H20N2O4S2/c1-9-10(7-20-12(9)21(14,17)18)11(16)15-6-4-5-13(2,8-15)19-3/h7H,4-6,8H2,1-3H3,(H2,14,17,18). The van der Waals surface area contributed by atoms with Crippen LogP contribution in [-0.4, -0.2) is 45.0 Å². The Hall–Kier alpha value is -0.960. The molecule has 1 saturated heterocycles. The van der Waals surface area contributed by atoms with Gasteiger partial charge in [-0.25, -0.2) is 13.6 Å². The minimum absolute atomic E-state index is 0.0531. The Morgan fingerprint density at radius 2 is 2.19 bits per heavy atom. The molecule has 21 heavy (non-hydrogen) atoms. The van der Waals surface area contributed by atoms with E-state index < -0.39 is 10.0 Å². The number of nitrogens with zero attached hydrogens (tertiary/aromatic N) is 1. The number of sulfonamides is 1. The molecule has 2 N–H and O–H groups in total. The van der Waals surface area contributed by atoms with E-state index in [1.807, 2.05) is 6.92 Å². The van der Waals surface area contributed by atoms with Gasteiger partial charge in [-0.3, -0.25) is 4.79 Å². The molecule has 1 aromatic rings. The maximum atomic E-state index is 12.6. The second-order valence-corrected chi connectivity index (χ2v) is 8.23. The first kappa shape index (κ1) is 16.4. The fourth-order valence-corrected chi connectivity index (χ4v) is 4.61. The Morgan fingerprint density at radius 1 is 1.52 bits per heavy atom. The summed E-state index contributed by atoms with van der Waals surface area (Å²) in [6.07, 6.45) is 1.76. The molecule has 0 radical (unpaired) electrons. The van der Waals surface area contributed by atoms with Gasteiger partial charge in [0.2, 0.25) is 10.0 Å². The van der Waals surface area contributed by atoms with Crippen LogP contribution in [0.1, 0.15) is 35.7 Å². The molecule has 0 aliphatic carbocycles. The Kier molecular flexibility index (Phi) is 4.44. The number of rotatable bonds is 3. The highest BCUT2D eigenvalue weighted by atomic mass is 32.2. The highest BCUT2D eigenvalue weighted by Gasteiger charge is 2.34. The van der Waals surface area contributed by atoms with Crippen molar-refractivity contribution < 1.29 is 17.9 Å². The van der Waals surface area contributed by atoms with Crippen molar-refractivity contribution in [3.05, 3.63) is 16.5 Å². The molecule has 1 fully saturated rings. The van der Waals surface area contributed by atoms with Crippen molar-refractivity contribution in [3.8, 4) is 0 Å². The van der Waals surface area contributed by atoms with Gasteiger partial charge in [-0.1, -0.05) is 0 Å². The maximum absolute atomic E-state index is 12.6. The Bertz CT molecular complexity index is 653. The smallest absolute Gasteiger partial charge is 0.255 e. The molecule has 8 heteroatoms. The molecule has 2 rings (SSSR count). The summed E-state index contributed by atoms with van der Waals surface area (Å²) in [5.74, 6) is -0.165. The number of likely N-dealkylation sites (tertiary alicyclic amines) is 1. The lowest BCUT2D eigenvalue weighted by atomic mass is 9.94. The number of amides is 1. The summed E-state index contributed by atoms with van der Waals surface area (Å²) >= 11 is 0.989. The van der Waals surface area contributed by atoms with Crippen molar-refractivity contribution in [3.63, 3.8) is 0 Å². The number of carbonyl (C=O) groups is 1. The molecule has 1 aliphatic rings. The first-order chi connectivity index (χ1) is 9.68. The Labute approximate surface area is 128 Å². The van der Waals surface area contributed by atoms with Crippen LogP contribution >= 0.6 is 11.3 Å². The quantitative estimate of drug-likeness (QED) is 0.904. The highest BCUT2D eigenvalue weighted by molar-refractivity contribution is 7.91. The van der Waals surface area contributed by atoms with Crippen molar-refractivity contribution in [2.75, 3.05) is 20.2 Å². The lowest BCUT2D eigenvalue weighted by Gasteiger charge is -2.39. The summed E-state index contributed by atoms with van der Waals surface area (Å²) in [5.41, 5.74) is 0.488. The molecular weight excluding hydrogens is 312 g/mol. The third-order valence-corrected chi connectivity index (χ3v) is 6.60. The van der Waals surface area contributed by atoms with Crippen molar-refractivity contribution in [1.82, 2.24) is 4.90 Å². The van der Waals surface area contributed by atoms with Crippen molar-refractivity contribution >= 4 is 27.3 Å². The minimum atomic E-state index is -3.78. The fraction of sp³-hybridized carbons (Fsp3) is 0.615. The average Bonchev–Trinajstić information content (AvgIpc) is 2.80. The van der Waals surface area contributed by atoms with Crippen LogP contribution in [0.25, 0.3) is 0 Å². The second-order valence-electron chi connectivity index (χ2n) is 5.59. The van der Waals surface area contributed by atoms with Gasteiger partial charge in [-0.15, -0.1) is 11.3 Å². The van der Waals surface area contributed by atoms with Crippen LogP contribution in [0, 0.1) is 6.92 Å². The van der Waals surface area contributed by atoms with Crippen molar-refractivity contribution in [2.45, 2.75) is 36.5 Å². The fourth-order valence-electron chi connectivity index (χ4n) is 2.61. The molecular formula is C13H20N2O4S2.